The molecule has 2 aliphatic rings. The second-order valence-corrected chi connectivity index (χ2v) is 9.43. The number of anilines is 2. The van der Waals surface area contributed by atoms with Gasteiger partial charge in [-0.25, -0.2) is 4.99 Å². The zero-order valence-electron chi connectivity index (χ0n) is 20.6. The maximum Gasteiger partial charge on any atom is 0.176 e. The highest BCUT2D eigenvalue weighted by Gasteiger charge is 2.26. The van der Waals surface area contributed by atoms with E-state index in [9.17, 15) is 0 Å². The topological polar surface area (TPSA) is 64.2 Å². The number of amidine groups is 1. The molecule has 3 N–H and O–H groups in total. The summed E-state index contributed by atoms with van der Waals surface area (Å²) in [5, 5.41) is 11.0. The number of nitrogens with one attached hydrogen (secondary N) is 3. The number of fused-ring (bicyclic) bond motifs is 1. The summed E-state index contributed by atoms with van der Waals surface area (Å²) in [6, 6.07) is 15.8. The fourth-order valence-corrected chi connectivity index (χ4v) is 4.71. The van der Waals surface area contributed by atoms with Crippen LogP contribution in [0.3, 0.4) is 0 Å². The highest BCUT2D eigenvalue weighted by Crippen LogP contribution is 2.27. The van der Waals surface area contributed by atoms with Crippen molar-refractivity contribution in [3.63, 3.8) is 0 Å². The van der Waals surface area contributed by atoms with Crippen molar-refractivity contribution in [2.24, 2.45) is 4.99 Å². The van der Waals surface area contributed by atoms with Crippen molar-refractivity contribution >= 4 is 17.2 Å². The number of hydrogen-bond donors (Lipinski definition) is 3. The number of ether oxygens (including phenoxy) is 1. The van der Waals surface area contributed by atoms with Crippen LogP contribution in [-0.4, -0.2) is 64.4 Å². The number of rotatable bonds is 7. The summed E-state index contributed by atoms with van der Waals surface area (Å²) in [6.45, 7) is 0.830. The molecule has 1 aliphatic carbocycles. The molecule has 0 aromatic heterocycles. The summed E-state index contributed by atoms with van der Waals surface area (Å²) in [6.07, 6.45) is 4.50. The number of hydrogen-bond acceptors (Lipinski definition) is 7. The van der Waals surface area contributed by atoms with Crippen molar-refractivity contribution in [1.82, 2.24) is 15.5 Å². The lowest BCUT2D eigenvalue weighted by molar-refractivity contribution is 0.292. The fourth-order valence-electron chi connectivity index (χ4n) is 4.71. The average molecular weight is 467 g/mol. The van der Waals surface area contributed by atoms with Gasteiger partial charge in [-0.1, -0.05) is 25.6 Å². The minimum atomic E-state index is -0.0914. The minimum Gasteiger partial charge on any atom is -0.496 e. The maximum atomic E-state index is 5.63. The van der Waals surface area contributed by atoms with Gasteiger partial charge in [-0.05, 0) is 43.9 Å². The molecule has 1 heterocycles. The summed E-state index contributed by atoms with van der Waals surface area (Å²) in [5.74, 6) is 1.97. The third-order valence-corrected chi connectivity index (χ3v) is 6.62. The van der Waals surface area contributed by atoms with Crippen molar-refractivity contribution in [2.75, 3.05) is 45.5 Å². The van der Waals surface area contributed by atoms with Gasteiger partial charge in [0.05, 0.1) is 7.11 Å². The van der Waals surface area contributed by atoms with Crippen LogP contribution >= 0.6 is 0 Å². The van der Waals surface area contributed by atoms with E-state index in [0.717, 1.165) is 60.8 Å². The van der Waals surface area contributed by atoms with E-state index in [-0.39, 0.29) is 13.7 Å². The molecule has 1 unspecified atom stereocenters. The monoisotopic (exact) mass is 466 g/mol. The number of para-hydroxylation sites is 1. The van der Waals surface area contributed by atoms with Gasteiger partial charge >= 0.3 is 0 Å². The van der Waals surface area contributed by atoms with Crippen LogP contribution in [0.1, 0.15) is 44.2 Å². The highest BCUT2D eigenvalue weighted by atomic mass is 16.5. The molecule has 2 aromatic carbocycles. The largest absolute Gasteiger partial charge is 0.496 e. The zero-order valence-corrected chi connectivity index (χ0v) is 20.6. The molecular formula is C27H42N6O. The van der Waals surface area contributed by atoms with Crippen molar-refractivity contribution in [3.8, 4) is 5.75 Å². The predicted octanol–water partition coefficient (Wildman–Crippen LogP) is 4.11. The van der Waals surface area contributed by atoms with Gasteiger partial charge in [-0.2, -0.15) is 0 Å². The van der Waals surface area contributed by atoms with Gasteiger partial charge in [0.25, 0.3) is 0 Å². The van der Waals surface area contributed by atoms with E-state index in [4.69, 9.17) is 9.73 Å². The molecule has 1 aliphatic heterocycles. The Morgan fingerprint density at radius 3 is 2.35 bits per heavy atom. The van der Waals surface area contributed by atoms with Crippen LogP contribution in [0.4, 0.5) is 11.4 Å². The van der Waals surface area contributed by atoms with Gasteiger partial charge in [0, 0.05) is 75.4 Å². The van der Waals surface area contributed by atoms with Gasteiger partial charge in [-0.15, -0.1) is 0 Å². The van der Waals surface area contributed by atoms with E-state index < -0.39 is 0 Å². The molecular weight excluding hydrogens is 424 g/mol. The smallest absolute Gasteiger partial charge is 0.176 e. The van der Waals surface area contributed by atoms with Crippen LogP contribution in [0.5, 0.6) is 5.75 Å². The van der Waals surface area contributed by atoms with Crippen molar-refractivity contribution in [2.45, 2.75) is 58.0 Å². The first-order valence-corrected chi connectivity index (χ1v) is 11.9. The maximum absolute atomic E-state index is 5.63. The summed E-state index contributed by atoms with van der Waals surface area (Å²) < 4.78 is 5.63. The van der Waals surface area contributed by atoms with Crippen LogP contribution in [0.2, 0.25) is 0 Å². The van der Waals surface area contributed by atoms with Gasteiger partial charge in [0.2, 0.25) is 0 Å². The molecule has 34 heavy (non-hydrogen) atoms. The summed E-state index contributed by atoms with van der Waals surface area (Å²) in [7, 11) is 9.95. The molecule has 7 nitrogen and oxygen atoms in total. The number of methoxy groups -OCH3 is 1. The van der Waals surface area contributed by atoms with Crippen LogP contribution in [0, 0.1) is 0 Å². The van der Waals surface area contributed by atoms with Gasteiger partial charge < -0.3 is 25.2 Å². The fraction of sp³-hybridized carbons (Fsp3) is 0.519. The Labute approximate surface area is 205 Å². The number of nitrogens with zero attached hydrogens (tertiary/aromatic N) is 3. The Balaban J connectivity index is 0.00000324. The van der Waals surface area contributed by atoms with Crippen molar-refractivity contribution < 1.29 is 4.74 Å². The Kier molecular flexibility index (Phi) is 8.80. The normalized spacial score (nSPS) is 21.4. The summed E-state index contributed by atoms with van der Waals surface area (Å²) in [4.78, 5) is 9.13. The van der Waals surface area contributed by atoms with E-state index in [1.807, 2.05) is 14.1 Å². The van der Waals surface area contributed by atoms with Crippen molar-refractivity contribution in [3.05, 3.63) is 53.6 Å². The quantitative estimate of drug-likeness (QED) is 0.571. The Bertz CT molecular complexity index is 965. The van der Waals surface area contributed by atoms with Crippen LogP contribution < -0.4 is 25.6 Å². The van der Waals surface area contributed by atoms with Gasteiger partial charge in [0.1, 0.15) is 11.6 Å². The van der Waals surface area contributed by atoms with Gasteiger partial charge in [-0.3, -0.25) is 5.32 Å². The third kappa shape index (κ3) is 6.02. The Morgan fingerprint density at radius 2 is 1.68 bits per heavy atom. The molecule has 2 aromatic rings. The lowest BCUT2D eigenvalue weighted by atomic mass is 9.91. The Morgan fingerprint density at radius 1 is 0.971 bits per heavy atom. The summed E-state index contributed by atoms with van der Waals surface area (Å²) >= 11 is 0. The number of aliphatic imine (C=N–C) groups is 1. The standard InChI is InChI=1S/C26H38N6O.CH4/c1-31(2)21-15-10-18(24(16-21)33-5)17-27-19-11-13-20(14-12-19)28-26-29-23-9-7-6-8-22(23)25(30-26)32(3)4;/h6-10,15-16,19-20,26-29H,11-14,17H2,1-5H3;1H4. The van der Waals surface area contributed by atoms with Crippen LogP contribution in [0.25, 0.3) is 0 Å². The van der Waals surface area contributed by atoms with Crippen LogP contribution in [-0.2, 0) is 6.54 Å². The van der Waals surface area contributed by atoms with E-state index in [1.54, 1.807) is 7.11 Å². The molecule has 0 bridgehead atoms. The van der Waals surface area contributed by atoms with E-state index in [2.05, 4.69) is 82.3 Å². The average Bonchev–Trinajstić information content (AvgIpc) is 2.82. The molecule has 1 fully saturated rings. The lowest BCUT2D eigenvalue weighted by Gasteiger charge is -2.35. The van der Waals surface area contributed by atoms with Crippen molar-refractivity contribution in [1.29, 1.82) is 0 Å². The summed E-state index contributed by atoms with van der Waals surface area (Å²) in [5.41, 5.74) is 4.65. The first-order chi connectivity index (χ1) is 15.9. The van der Waals surface area contributed by atoms with E-state index >= 15 is 0 Å². The number of benzene rings is 2. The third-order valence-electron chi connectivity index (χ3n) is 6.62. The minimum absolute atomic E-state index is 0. The zero-order chi connectivity index (χ0) is 23.4. The highest BCUT2D eigenvalue weighted by molar-refractivity contribution is 6.04. The molecule has 0 amide bonds. The molecule has 1 atom stereocenters. The first kappa shape index (κ1) is 25.8. The van der Waals surface area contributed by atoms with E-state index in [0.29, 0.717) is 12.1 Å². The molecule has 7 heteroatoms. The molecule has 0 spiro atoms. The van der Waals surface area contributed by atoms with Crippen LogP contribution in [0.15, 0.2) is 47.5 Å². The SMILES string of the molecule is C.COc1cc(N(C)C)ccc1CNC1CCC(NC2N=C(N(C)C)c3ccccc3N2)CC1. The molecule has 186 valence electrons. The molecule has 0 saturated heterocycles. The molecule has 4 rings (SSSR count). The lowest BCUT2D eigenvalue weighted by Crippen LogP contribution is -2.48. The Hall–Kier alpha value is -2.77. The second-order valence-electron chi connectivity index (χ2n) is 9.43. The first-order valence-electron chi connectivity index (χ1n) is 11.9. The molecule has 0 radical (unpaired) electrons. The molecule has 1 saturated carbocycles. The predicted molar refractivity (Wildman–Crippen MR) is 144 cm³/mol. The van der Waals surface area contributed by atoms with E-state index in [1.165, 1.54) is 5.56 Å². The van der Waals surface area contributed by atoms with Gasteiger partial charge in [0.15, 0.2) is 6.29 Å². The second kappa shape index (κ2) is 11.6.